The second kappa shape index (κ2) is 7.96. The highest BCUT2D eigenvalue weighted by Crippen LogP contribution is 2.29. The molecule has 1 aliphatic heterocycles. The van der Waals surface area contributed by atoms with Crippen molar-refractivity contribution in [1.82, 2.24) is 14.8 Å². The monoisotopic (exact) mass is 366 g/mol. The number of fused-ring (bicyclic) bond motifs is 1. The van der Waals surface area contributed by atoms with Crippen LogP contribution in [0, 0.1) is 6.92 Å². The molecule has 0 bridgehead atoms. The minimum atomic E-state index is 0.229. The number of rotatable bonds is 6. The molecule has 27 heavy (non-hydrogen) atoms. The van der Waals surface area contributed by atoms with Crippen molar-refractivity contribution in [3.63, 3.8) is 0 Å². The molecule has 1 fully saturated rings. The van der Waals surface area contributed by atoms with Gasteiger partial charge in [0.05, 0.1) is 17.8 Å². The summed E-state index contributed by atoms with van der Waals surface area (Å²) in [6.07, 6.45) is 4.30. The minimum Gasteiger partial charge on any atom is -0.490 e. The third-order valence-electron chi connectivity index (χ3n) is 5.15. The zero-order valence-corrected chi connectivity index (χ0v) is 16.0. The third kappa shape index (κ3) is 3.90. The Bertz CT molecular complexity index is 883. The average Bonchev–Trinajstić information content (AvgIpc) is 3.12. The van der Waals surface area contributed by atoms with Crippen molar-refractivity contribution in [1.29, 1.82) is 0 Å². The molecule has 0 saturated carbocycles. The van der Waals surface area contributed by atoms with Crippen molar-refractivity contribution in [2.75, 3.05) is 31.7 Å². The first kappa shape index (κ1) is 17.8. The van der Waals surface area contributed by atoms with Crippen molar-refractivity contribution < 1.29 is 9.47 Å². The van der Waals surface area contributed by atoms with Crippen molar-refractivity contribution >= 4 is 16.7 Å². The lowest BCUT2D eigenvalue weighted by atomic mass is 10.1. The standard InChI is InChI=1S/C21H26N4O2/c1-16-6-7-21(23-22-16)25-11-8-17(9-12-25)27-20-5-3-4-19-18(20)10-13-24(19)14-15-26-2/h3-7,10,13,17H,8-9,11-12,14-15H2,1-2H3. The molecule has 1 aliphatic rings. The lowest BCUT2D eigenvalue weighted by Gasteiger charge is -2.32. The van der Waals surface area contributed by atoms with E-state index in [9.17, 15) is 0 Å². The van der Waals surface area contributed by atoms with Gasteiger partial charge < -0.3 is 18.9 Å². The van der Waals surface area contributed by atoms with Crippen LogP contribution in [0.2, 0.25) is 0 Å². The van der Waals surface area contributed by atoms with Gasteiger partial charge in [-0.1, -0.05) is 6.07 Å². The highest BCUT2D eigenvalue weighted by atomic mass is 16.5. The molecule has 0 radical (unpaired) electrons. The molecule has 6 nitrogen and oxygen atoms in total. The van der Waals surface area contributed by atoms with E-state index in [1.807, 2.05) is 19.1 Å². The van der Waals surface area contributed by atoms with E-state index in [1.54, 1.807) is 7.11 Å². The smallest absolute Gasteiger partial charge is 0.151 e. The van der Waals surface area contributed by atoms with Gasteiger partial charge >= 0.3 is 0 Å². The van der Waals surface area contributed by atoms with Gasteiger partial charge in [0.15, 0.2) is 5.82 Å². The Morgan fingerprint density at radius 3 is 2.67 bits per heavy atom. The first-order valence-corrected chi connectivity index (χ1v) is 9.53. The molecule has 3 aromatic rings. The molecule has 6 heteroatoms. The molecule has 0 atom stereocenters. The van der Waals surface area contributed by atoms with Gasteiger partial charge in [-0.2, -0.15) is 5.10 Å². The summed E-state index contributed by atoms with van der Waals surface area (Å²) in [5, 5.41) is 9.63. The van der Waals surface area contributed by atoms with Crippen LogP contribution in [0.3, 0.4) is 0 Å². The van der Waals surface area contributed by atoms with Crippen LogP contribution in [0.1, 0.15) is 18.5 Å². The summed E-state index contributed by atoms with van der Waals surface area (Å²) in [7, 11) is 1.73. The van der Waals surface area contributed by atoms with Gasteiger partial charge in [-0.25, -0.2) is 0 Å². The van der Waals surface area contributed by atoms with Crippen LogP contribution in [0.5, 0.6) is 5.75 Å². The lowest BCUT2D eigenvalue weighted by molar-refractivity contribution is 0.173. The molecular formula is C21H26N4O2. The van der Waals surface area contributed by atoms with Crippen LogP contribution in [0.4, 0.5) is 5.82 Å². The van der Waals surface area contributed by atoms with Crippen LogP contribution >= 0.6 is 0 Å². The molecule has 142 valence electrons. The number of anilines is 1. The number of aryl methyl sites for hydroxylation is 1. The number of hydrogen-bond acceptors (Lipinski definition) is 5. The van der Waals surface area contributed by atoms with Gasteiger partial charge in [0.25, 0.3) is 0 Å². The molecule has 4 rings (SSSR count). The Morgan fingerprint density at radius 2 is 1.93 bits per heavy atom. The van der Waals surface area contributed by atoms with E-state index in [0.29, 0.717) is 6.61 Å². The predicted molar refractivity (Wildman–Crippen MR) is 106 cm³/mol. The Kier molecular flexibility index (Phi) is 5.25. The Morgan fingerprint density at radius 1 is 1.07 bits per heavy atom. The Hall–Kier alpha value is -2.60. The highest BCUT2D eigenvalue weighted by Gasteiger charge is 2.22. The normalized spacial score (nSPS) is 15.4. The van der Waals surface area contributed by atoms with Gasteiger partial charge in [-0.05, 0) is 37.3 Å². The van der Waals surface area contributed by atoms with E-state index in [1.165, 1.54) is 10.9 Å². The van der Waals surface area contributed by atoms with Gasteiger partial charge in [0, 0.05) is 51.2 Å². The molecule has 0 amide bonds. The first-order chi connectivity index (χ1) is 13.2. The molecule has 3 heterocycles. The maximum atomic E-state index is 6.38. The number of nitrogens with zero attached hydrogens (tertiary/aromatic N) is 4. The largest absolute Gasteiger partial charge is 0.490 e. The van der Waals surface area contributed by atoms with E-state index < -0.39 is 0 Å². The number of methoxy groups -OCH3 is 1. The van der Waals surface area contributed by atoms with Gasteiger partial charge in [0.2, 0.25) is 0 Å². The van der Waals surface area contributed by atoms with Crippen molar-refractivity contribution in [3.8, 4) is 5.75 Å². The van der Waals surface area contributed by atoms with E-state index >= 15 is 0 Å². The van der Waals surface area contributed by atoms with E-state index in [4.69, 9.17) is 9.47 Å². The Labute approximate surface area is 159 Å². The molecular weight excluding hydrogens is 340 g/mol. The highest BCUT2D eigenvalue weighted by molar-refractivity contribution is 5.86. The SMILES string of the molecule is COCCn1ccc2c(OC3CCN(c4ccc(C)nn4)CC3)cccc21. The topological polar surface area (TPSA) is 52.4 Å². The van der Waals surface area contributed by atoms with E-state index in [0.717, 1.165) is 49.7 Å². The number of ether oxygens (including phenoxy) is 2. The number of benzene rings is 1. The molecule has 1 aromatic carbocycles. The van der Waals surface area contributed by atoms with Gasteiger partial charge in [-0.15, -0.1) is 5.10 Å². The zero-order valence-electron chi connectivity index (χ0n) is 16.0. The molecule has 1 saturated heterocycles. The number of piperidine rings is 1. The predicted octanol–water partition coefficient (Wildman–Crippen LogP) is 3.43. The summed E-state index contributed by atoms with van der Waals surface area (Å²) in [6.45, 7) is 5.38. The summed E-state index contributed by atoms with van der Waals surface area (Å²) < 4.78 is 13.8. The second-order valence-corrected chi connectivity index (χ2v) is 7.03. The third-order valence-corrected chi connectivity index (χ3v) is 5.15. The van der Waals surface area contributed by atoms with E-state index in [2.05, 4.69) is 50.1 Å². The average molecular weight is 366 g/mol. The molecule has 0 spiro atoms. The summed E-state index contributed by atoms with van der Waals surface area (Å²) in [6, 6.07) is 12.5. The van der Waals surface area contributed by atoms with Crippen molar-refractivity contribution in [2.45, 2.75) is 32.4 Å². The summed E-state index contributed by atoms with van der Waals surface area (Å²) in [5.74, 6) is 1.92. The van der Waals surface area contributed by atoms with Gasteiger partial charge in [-0.3, -0.25) is 0 Å². The maximum absolute atomic E-state index is 6.38. The summed E-state index contributed by atoms with van der Waals surface area (Å²) in [5.41, 5.74) is 2.14. The molecule has 2 aromatic heterocycles. The molecule has 0 N–H and O–H groups in total. The van der Waals surface area contributed by atoms with Gasteiger partial charge in [0.1, 0.15) is 11.9 Å². The van der Waals surface area contributed by atoms with Crippen LogP contribution in [-0.4, -0.2) is 47.7 Å². The quantitative estimate of drug-likeness (QED) is 0.669. The van der Waals surface area contributed by atoms with Crippen LogP contribution in [-0.2, 0) is 11.3 Å². The number of aromatic nitrogens is 3. The summed E-state index contributed by atoms with van der Waals surface area (Å²) in [4.78, 5) is 2.29. The fraction of sp³-hybridized carbons (Fsp3) is 0.429. The molecule has 0 unspecified atom stereocenters. The Balaban J connectivity index is 1.41. The molecule has 0 aliphatic carbocycles. The zero-order chi connectivity index (χ0) is 18.6. The van der Waals surface area contributed by atoms with Crippen LogP contribution in [0.25, 0.3) is 10.9 Å². The van der Waals surface area contributed by atoms with Crippen LogP contribution < -0.4 is 9.64 Å². The fourth-order valence-electron chi connectivity index (χ4n) is 3.63. The summed E-state index contributed by atoms with van der Waals surface area (Å²) >= 11 is 0. The lowest BCUT2D eigenvalue weighted by Crippen LogP contribution is -2.38. The second-order valence-electron chi connectivity index (χ2n) is 7.03. The maximum Gasteiger partial charge on any atom is 0.151 e. The number of hydrogen-bond donors (Lipinski definition) is 0. The van der Waals surface area contributed by atoms with Crippen molar-refractivity contribution in [3.05, 3.63) is 48.3 Å². The minimum absolute atomic E-state index is 0.229. The van der Waals surface area contributed by atoms with Crippen molar-refractivity contribution in [2.24, 2.45) is 0 Å². The first-order valence-electron chi connectivity index (χ1n) is 9.53. The fourth-order valence-corrected chi connectivity index (χ4v) is 3.63. The van der Waals surface area contributed by atoms with E-state index in [-0.39, 0.29) is 6.10 Å². The van der Waals surface area contributed by atoms with Crippen LogP contribution in [0.15, 0.2) is 42.6 Å².